The van der Waals surface area contributed by atoms with Gasteiger partial charge in [-0.1, -0.05) is 48.5 Å². The van der Waals surface area contributed by atoms with Crippen LogP contribution in [0.2, 0.25) is 0 Å². The summed E-state index contributed by atoms with van der Waals surface area (Å²) in [4.78, 5) is 14.6. The molecular weight excluding hydrogens is 326 g/mol. The number of nitrogens with zero attached hydrogens (tertiary/aromatic N) is 1. The number of rotatable bonds is 4. The molecule has 26 heavy (non-hydrogen) atoms. The summed E-state index contributed by atoms with van der Waals surface area (Å²) in [6, 6.07) is 23.8. The first-order valence-corrected chi connectivity index (χ1v) is 8.33. The van der Waals surface area contributed by atoms with Gasteiger partial charge in [-0.05, 0) is 35.9 Å². The van der Waals surface area contributed by atoms with Crippen molar-refractivity contribution in [2.75, 3.05) is 0 Å². The van der Waals surface area contributed by atoms with E-state index in [-0.39, 0.29) is 11.7 Å². The normalized spacial score (nSPS) is 14.5. The van der Waals surface area contributed by atoms with Gasteiger partial charge in [0.1, 0.15) is 17.8 Å². The number of carbonyl (C=O) groups excluding carboxylic acids is 1. The van der Waals surface area contributed by atoms with Crippen molar-refractivity contribution < 1.29 is 14.6 Å². The second kappa shape index (κ2) is 6.76. The van der Waals surface area contributed by atoms with Gasteiger partial charge >= 0.3 is 0 Å². The molecule has 0 fully saturated rings. The predicted octanol–water partition coefficient (Wildman–Crippen LogP) is 4.43. The number of ether oxygens (including phenoxy) is 1. The first kappa shape index (κ1) is 16.0. The van der Waals surface area contributed by atoms with Crippen LogP contribution >= 0.6 is 0 Å². The lowest BCUT2D eigenvalue weighted by atomic mass is 10.1. The summed E-state index contributed by atoms with van der Waals surface area (Å²) < 4.78 is 5.79. The highest BCUT2D eigenvalue weighted by Crippen LogP contribution is 2.34. The Morgan fingerprint density at radius 1 is 0.846 bits per heavy atom. The van der Waals surface area contributed by atoms with E-state index in [2.05, 4.69) is 0 Å². The van der Waals surface area contributed by atoms with Crippen LogP contribution in [-0.2, 0) is 6.54 Å². The largest absolute Gasteiger partial charge is 0.508 e. The molecule has 0 saturated carbocycles. The zero-order valence-corrected chi connectivity index (χ0v) is 14.0. The van der Waals surface area contributed by atoms with Crippen LogP contribution in [-0.4, -0.2) is 15.9 Å². The minimum absolute atomic E-state index is 0.0587. The van der Waals surface area contributed by atoms with E-state index in [1.807, 2.05) is 54.6 Å². The third-order valence-corrected chi connectivity index (χ3v) is 4.30. The molecule has 128 valence electrons. The van der Waals surface area contributed by atoms with Crippen LogP contribution in [0.25, 0.3) is 5.70 Å². The molecule has 0 aromatic heterocycles. The summed E-state index contributed by atoms with van der Waals surface area (Å²) in [5, 5.41) is 9.46. The van der Waals surface area contributed by atoms with Crippen LogP contribution in [0, 0.1) is 0 Å². The molecule has 0 bridgehead atoms. The van der Waals surface area contributed by atoms with Gasteiger partial charge in [0.25, 0.3) is 5.91 Å². The molecule has 4 nitrogen and oxygen atoms in total. The van der Waals surface area contributed by atoms with E-state index < -0.39 is 0 Å². The summed E-state index contributed by atoms with van der Waals surface area (Å²) in [5.41, 5.74) is 3.17. The van der Waals surface area contributed by atoms with E-state index in [9.17, 15) is 9.90 Å². The van der Waals surface area contributed by atoms with Gasteiger partial charge in [-0.15, -0.1) is 0 Å². The molecule has 1 N–H and O–H groups in total. The number of para-hydroxylation sites is 1. The number of hydrogen-bond donors (Lipinski definition) is 1. The molecule has 0 radical (unpaired) electrons. The smallest absolute Gasteiger partial charge is 0.259 e. The molecule has 3 aromatic carbocycles. The van der Waals surface area contributed by atoms with E-state index >= 15 is 0 Å². The molecule has 1 aliphatic heterocycles. The molecular formula is C22H17NO3. The molecule has 0 spiro atoms. The van der Waals surface area contributed by atoms with Crippen molar-refractivity contribution >= 4 is 11.6 Å². The van der Waals surface area contributed by atoms with Crippen molar-refractivity contribution in [1.29, 1.82) is 0 Å². The Hall–Kier alpha value is -3.53. The SMILES string of the molecule is O=C1c2ccccc2/C(=C\Oc2ccccc2)N1Cc1ccc(O)cc1. The predicted molar refractivity (Wildman–Crippen MR) is 99.5 cm³/mol. The van der Waals surface area contributed by atoms with Crippen molar-refractivity contribution in [2.45, 2.75) is 6.54 Å². The fourth-order valence-corrected chi connectivity index (χ4v) is 2.98. The minimum Gasteiger partial charge on any atom is -0.508 e. The minimum atomic E-state index is -0.0587. The van der Waals surface area contributed by atoms with Crippen LogP contribution < -0.4 is 4.74 Å². The van der Waals surface area contributed by atoms with Crippen LogP contribution in [0.1, 0.15) is 21.5 Å². The lowest BCUT2D eigenvalue weighted by molar-refractivity contribution is 0.0841. The quantitative estimate of drug-likeness (QED) is 0.713. The molecule has 4 rings (SSSR count). The summed E-state index contributed by atoms with van der Waals surface area (Å²) in [6.07, 6.45) is 1.62. The topological polar surface area (TPSA) is 49.8 Å². The van der Waals surface area contributed by atoms with Crippen LogP contribution in [0.5, 0.6) is 11.5 Å². The van der Waals surface area contributed by atoms with Crippen molar-refractivity contribution in [3.63, 3.8) is 0 Å². The maximum atomic E-state index is 12.9. The van der Waals surface area contributed by atoms with Gasteiger partial charge in [0.05, 0.1) is 12.2 Å². The first-order chi connectivity index (χ1) is 12.7. The van der Waals surface area contributed by atoms with Gasteiger partial charge in [0.15, 0.2) is 0 Å². The summed E-state index contributed by atoms with van der Waals surface area (Å²) >= 11 is 0. The Bertz CT molecular complexity index is 962. The Morgan fingerprint density at radius 3 is 2.23 bits per heavy atom. The van der Waals surface area contributed by atoms with Crippen molar-refractivity contribution in [3.8, 4) is 11.5 Å². The number of benzene rings is 3. The van der Waals surface area contributed by atoms with Crippen molar-refractivity contribution in [2.24, 2.45) is 0 Å². The van der Waals surface area contributed by atoms with Gasteiger partial charge < -0.3 is 14.7 Å². The van der Waals surface area contributed by atoms with Gasteiger partial charge in [0, 0.05) is 11.1 Å². The summed E-state index contributed by atoms with van der Waals surface area (Å²) in [5.74, 6) is 0.853. The number of amides is 1. The highest BCUT2D eigenvalue weighted by atomic mass is 16.5. The zero-order chi connectivity index (χ0) is 17.9. The van der Waals surface area contributed by atoms with E-state index in [1.54, 1.807) is 35.4 Å². The number of carbonyl (C=O) groups is 1. The zero-order valence-electron chi connectivity index (χ0n) is 14.0. The molecule has 4 heteroatoms. The molecule has 0 aliphatic carbocycles. The second-order valence-electron chi connectivity index (χ2n) is 6.04. The standard InChI is InChI=1S/C22H17NO3/c24-17-12-10-16(11-13-17)14-23-21(15-26-18-6-2-1-3-7-18)19-8-4-5-9-20(19)22(23)25/h1-13,15,24H,14H2/b21-15+. The number of phenols is 1. The monoisotopic (exact) mass is 343 g/mol. The van der Waals surface area contributed by atoms with Gasteiger partial charge in [0.2, 0.25) is 0 Å². The highest BCUT2D eigenvalue weighted by Gasteiger charge is 2.32. The Kier molecular flexibility index (Phi) is 4.15. The Balaban J connectivity index is 1.68. The van der Waals surface area contributed by atoms with E-state index in [0.29, 0.717) is 17.9 Å². The molecule has 0 saturated heterocycles. The number of hydrogen-bond acceptors (Lipinski definition) is 3. The molecule has 3 aromatic rings. The third-order valence-electron chi connectivity index (χ3n) is 4.30. The fraction of sp³-hybridized carbons (Fsp3) is 0.0455. The van der Waals surface area contributed by atoms with Crippen LogP contribution in [0.15, 0.2) is 85.1 Å². The third kappa shape index (κ3) is 3.05. The maximum Gasteiger partial charge on any atom is 0.259 e. The molecule has 0 atom stereocenters. The molecule has 1 heterocycles. The number of aromatic hydroxyl groups is 1. The van der Waals surface area contributed by atoms with Crippen LogP contribution in [0.3, 0.4) is 0 Å². The Morgan fingerprint density at radius 2 is 1.50 bits per heavy atom. The second-order valence-corrected chi connectivity index (χ2v) is 6.04. The highest BCUT2D eigenvalue weighted by molar-refractivity contribution is 6.09. The summed E-state index contributed by atoms with van der Waals surface area (Å²) in [7, 11) is 0. The summed E-state index contributed by atoms with van der Waals surface area (Å²) in [6.45, 7) is 0.401. The molecule has 1 amide bonds. The van der Waals surface area contributed by atoms with Crippen LogP contribution in [0.4, 0.5) is 0 Å². The Labute approximate surface area is 151 Å². The first-order valence-electron chi connectivity index (χ1n) is 8.33. The molecule has 0 unspecified atom stereocenters. The van der Waals surface area contributed by atoms with E-state index in [4.69, 9.17) is 4.74 Å². The maximum absolute atomic E-state index is 12.9. The number of phenolic OH excluding ortho intramolecular Hbond substituents is 1. The van der Waals surface area contributed by atoms with E-state index in [0.717, 1.165) is 16.8 Å². The molecule has 1 aliphatic rings. The fourth-order valence-electron chi connectivity index (χ4n) is 2.98. The van der Waals surface area contributed by atoms with E-state index in [1.165, 1.54) is 0 Å². The van der Waals surface area contributed by atoms with Crippen molar-refractivity contribution in [1.82, 2.24) is 4.90 Å². The number of fused-ring (bicyclic) bond motifs is 1. The average molecular weight is 343 g/mol. The van der Waals surface area contributed by atoms with Gasteiger partial charge in [-0.3, -0.25) is 4.79 Å². The lowest BCUT2D eigenvalue weighted by Crippen LogP contribution is -2.23. The lowest BCUT2D eigenvalue weighted by Gasteiger charge is -2.18. The van der Waals surface area contributed by atoms with Gasteiger partial charge in [-0.25, -0.2) is 0 Å². The van der Waals surface area contributed by atoms with Gasteiger partial charge in [-0.2, -0.15) is 0 Å². The van der Waals surface area contributed by atoms with Crippen molar-refractivity contribution in [3.05, 3.63) is 102 Å². The average Bonchev–Trinajstić information content (AvgIpc) is 2.95.